The lowest BCUT2D eigenvalue weighted by Crippen LogP contribution is -2.40. The Kier molecular flexibility index (Phi) is 6.75. The fourth-order valence-electron chi connectivity index (χ4n) is 4.15. The number of hydrogen-bond acceptors (Lipinski definition) is 7. The number of nitrogens with zero attached hydrogens (tertiary/aromatic N) is 4. The van der Waals surface area contributed by atoms with E-state index in [1.165, 1.54) is 11.7 Å². The lowest BCUT2D eigenvalue weighted by Gasteiger charge is -2.27. The van der Waals surface area contributed by atoms with Crippen molar-refractivity contribution in [1.29, 1.82) is 0 Å². The number of aryl methyl sites for hydroxylation is 1. The van der Waals surface area contributed by atoms with Crippen molar-refractivity contribution in [3.63, 3.8) is 0 Å². The molecule has 1 aromatic heterocycles. The van der Waals surface area contributed by atoms with Gasteiger partial charge in [-0.2, -0.15) is 9.50 Å². The van der Waals surface area contributed by atoms with E-state index >= 15 is 0 Å². The summed E-state index contributed by atoms with van der Waals surface area (Å²) in [4.78, 5) is 26.2. The maximum atomic E-state index is 12.3. The molecular formula is C20H28ClN5O5S. The second-order valence-electron chi connectivity index (χ2n) is 8.76. The van der Waals surface area contributed by atoms with E-state index in [1.54, 1.807) is 12.4 Å². The summed E-state index contributed by atoms with van der Waals surface area (Å²) in [6.07, 6.45) is 7.48. The molecule has 0 aromatic carbocycles. The minimum atomic E-state index is -3.32. The smallest absolute Gasteiger partial charge is 0.407 e. The van der Waals surface area contributed by atoms with Crippen LogP contribution in [0.5, 0.6) is 0 Å². The Hall–Kier alpha value is -2.14. The van der Waals surface area contributed by atoms with Gasteiger partial charge in [0.25, 0.3) is 15.6 Å². The first kappa shape index (κ1) is 23.0. The van der Waals surface area contributed by atoms with Crippen molar-refractivity contribution >= 4 is 39.6 Å². The van der Waals surface area contributed by atoms with Crippen molar-refractivity contribution in [3.8, 4) is 0 Å². The number of nitrogens with one attached hydrogen (secondary N) is 1. The van der Waals surface area contributed by atoms with Crippen LogP contribution in [0.4, 0.5) is 10.5 Å². The molecule has 176 valence electrons. The number of anilines is 1. The number of alkyl carbamates (subject to hydrolysis) is 1. The number of hydrogen-bond donors (Lipinski definition) is 1. The van der Waals surface area contributed by atoms with Crippen LogP contribution in [-0.4, -0.2) is 61.0 Å². The summed E-state index contributed by atoms with van der Waals surface area (Å²) < 4.78 is 34.3. The molecule has 0 radical (unpaired) electrons. The molecule has 3 aliphatic rings. The van der Waals surface area contributed by atoms with Crippen LogP contribution in [-0.2, 0) is 21.8 Å². The van der Waals surface area contributed by atoms with Gasteiger partial charge in [0.05, 0.1) is 23.7 Å². The lowest BCUT2D eigenvalue weighted by molar-refractivity contribution is 0.102. The highest BCUT2D eigenvalue weighted by Crippen LogP contribution is 2.30. The van der Waals surface area contributed by atoms with Gasteiger partial charge < -0.3 is 15.0 Å². The summed E-state index contributed by atoms with van der Waals surface area (Å²) in [6, 6.07) is 0.000449. The monoisotopic (exact) mass is 485 g/mol. The zero-order chi connectivity index (χ0) is 22.9. The Bertz CT molecular complexity index is 1050. The maximum absolute atomic E-state index is 12.3. The number of sulfonamides is 1. The van der Waals surface area contributed by atoms with Gasteiger partial charge >= 0.3 is 6.09 Å². The Balaban J connectivity index is 1.21. The topological polar surface area (TPSA) is 123 Å². The Morgan fingerprint density at radius 1 is 1.25 bits per heavy atom. The third-order valence-corrected chi connectivity index (χ3v) is 8.36. The zero-order valence-corrected chi connectivity index (χ0v) is 19.5. The Labute approximate surface area is 192 Å². The van der Waals surface area contributed by atoms with Crippen LogP contribution < -0.4 is 15.8 Å². The van der Waals surface area contributed by atoms with Crippen LogP contribution in [0.25, 0.3) is 0 Å². The molecule has 0 bridgehead atoms. The minimum absolute atomic E-state index is 0.000449. The molecule has 2 saturated carbocycles. The fraction of sp³-hybridized carbons (Fsp3) is 0.700. The third-order valence-electron chi connectivity index (χ3n) is 6.28. The van der Waals surface area contributed by atoms with Crippen molar-refractivity contribution < 1.29 is 17.9 Å². The fourth-order valence-corrected chi connectivity index (χ4v) is 5.69. The molecule has 4 rings (SSSR count). The highest BCUT2D eigenvalue weighted by atomic mass is 35.5. The van der Waals surface area contributed by atoms with Crippen molar-refractivity contribution in [1.82, 2.24) is 15.1 Å². The molecule has 12 heteroatoms. The highest BCUT2D eigenvalue weighted by molar-refractivity contribution is 7.91. The first-order valence-corrected chi connectivity index (χ1v) is 12.8. The molecule has 32 heavy (non-hydrogen) atoms. The third kappa shape index (κ3) is 5.43. The number of carbonyl (C=O) groups excluding carboxylic acids is 1. The van der Waals surface area contributed by atoms with Crippen LogP contribution in [0, 0.1) is 5.92 Å². The average molecular weight is 486 g/mol. The normalized spacial score (nSPS) is 26.4. The van der Waals surface area contributed by atoms with E-state index in [0.717, 1.165) is 25.7 Å². The molecule has 1 saturated heterocycles. The molecular weight excluding hydrogens is 458 g/mol. The summed E-state index contributed by atoms with van der Waals surface area (Å²) in [6.45, 7) is 1.06. The van der Waals surface area contributed by atoms with E-state index < -0.39 is 16.1 Å². The Morgan fingerprint density at radius 3 is 2.66 bits per heavy atom. The summed E-state index contributed by atoms with van der Waals surface area (Å²) >= 11 is 6.16. The van der Waals surface area contributed by atoms with E-state index in [0.29, 0.717) is 38.0 Å². The highest BCUT2D eigenvalue weighted by Gasteiger charge is 2.35. The van der Waals surface area contributed by atoms with Gasteiger partial charge in [-0.3, -0.25) is 4.79 Å². The van der Waals surface area contributed by atoms with Crippen molar-refractivity contribution in [2.45, 2.75) is 62.3 Å². The van der Waals surface area contributed by atoms with Gasteiger partial charge in [-0.1, -0.05) is 11.6 Å². The summed E-state index contributed by atoms with van der Waals surface area (Å²) in [5.41, 5.74) is 0.182. The first-order chi connectivity index (χ1) is 15.2. The second-order valence-corrected chi connectivity index (χ2v) is 11.0. The summed E-state index contributed by atoms with van der Waals surface area (Å²) in [7, 11) is -1.78. The second kappa shape index (κ2) is 9.38. The zero-order valence-electron chi connectivity index (χ0n) is 17.9. The number of rotatable bonds is 6. The maximum Gasteiger partial charge on any atom is 0.407 e. The molecule has 1 aliphatic heterocycles. The largest absolute Gasteiger partial charge is 0.444 e. The van der Waals surface area contributed by atoms with Crippen molar-refractivity contribution in [2.24, 2.45) is 17.4 Å². The number of amides is 1. The number of halogens is 1. The average Bonchev–Trinajstić information content (AvgIpc) is 3.53. The number of aromatic nitrogens is 2. The molecule has 2 aliphatic carbocycles. The molecule has 1 atom stereocenters. The molecule has 3 fully saturated rings. The molecule has 1 N–H and O–H groups in total. The van der Waals surface area contributed by atoms with Crippen LogP contribution >= 0.6 is 11.6 Å². The van der Waals surface area contributed by atoms with Crippen molar-refractivity contribution in [3.05, 3.63) is 21.6 Å². The predicted molar refractivity (Wildman–Crippen MR) is 121 cm³/mol. The van der Waals surface area contributed by atoms with Gasteiger partial charge in [-0.25, -0.2) is 17.9 Å². The van der Waals surface area contributed by atoms with Gasteiger partial charge in [-0.05, 0) is 44.4 Å². The summed E-state index contributed by atoms with van der Waals surface area (Å²) in [5.74, 6) is 0.123. The van der Waals surface area contributed by atoms with Gasteiger partial charge in [0, 0.05) is 32.3 Å². The van der Waals surface area contributed by atoms with E-state index in [9.17, 15) is 18.0 Å². The number of carbonyl (C=O) groups is 1. The van der Waals surface area contributed by atoms with E-state index in [1.807, 2.05) is 4.90 Å². The molecule has 1 aromatic rings. The SMILES string of the molecule is Cn1ncc(N2CC[C@@H](OC(=O)NC3CCC(/C=N/S(=O)(=O)C4CC4)CC3)C2)c(Cl)c1=O. The molecule has 0 unspecified atom stereocenters. The van der Waals surface area contributed by atoms with Gasteiger partial charge in [0.15, 0.2) is 0 Å². The van der Waals surface area contributed by atoms with Gasteiger partial charge in [0.1, 0.15) is 11.1 Å². The first-order valence-electron chi connectivity index (χ1n) is 11.0. The Morgan fingerprint density at radius 2 is 1.97 bits per heavy atom. The van der Waals surface area contributed by atoms with E-state index in [2.05, 4.69) is 14.8 Å². The predicted octanol–water partition coefficient (Wildman–Crippen LogP) is 1.86. The molecule has 10 nitrogen and oxygen atoms in total. The van der Waals surface area contributed by atoms with Gasteiger partial charge in [-0.15, -0.1) is 0 Å². The quantitative estimate of drug-likeness (QED) is 0.610. The summed E-state index contributed by atoms with van der Waals surface area (Å²) in [5, 5.41) is 6.75. The van der Waals surface area contributed by atoms with Gasteiger partial charge in [0.2, 0.25) is 0 Å². The molecule has 0 spiro atoms. The lowest BCUT2D eigenvalue weighted by atomic mass is 9.87. The van der Waals surface area contributed by atoms with E-state index in [-0.39, 0.29) is 33.9 Å². The van der Waals surface area contributed by atoms with Crippen LogP contribution in [0.15, 0.2) is 15.4 Å². The molecule has 1 amide bonds. The molecule has 2 heterocycles. The van der Waals surface area contributed by atoms with E-state index in [4.69, 9.17) is 16.3 Å². The van der Waals surface area contributed by atoms with Crippen molar-refractivity contribution in [2.75, 3.05) is 18.0 Å². The number of ether oxygens (including phenoxy) is 1. The van der Waals surface area contributed by atoms with Crippen LogP contribution in [0.1, 0.15) is 44.9 Å². The van der Waals surface area contributed by atoms with Crippen LogP contribution in [0.3, 0.4) is 0 Å². The van der Waals surface area contributed by atoms with Crippen LogP contribution in [0.2, 0.25) is 5.02 Å². The minimum Gasteiger partial charge on any atom is -0.444 e. The standard InChI is InChI=1S/C20H28ClN5O5S/c1-25-19(27)18(21)17(11-22-25)26-9-8-15(12-26)31-20(28)24-14-4-2-13(3-5-14)10-23-32(29,30)16-6-7-16/h10-11,13-16H,2-9,12H2,1H3,(H,24,28)/b23-10+/t13?,14?,15-/m1/s1.